The number of hydrogen-bond donors (Lipinski definition) is 1. The van der Waals surface area contributed by atoms with Gasteiger partial charge in [0, 0.05) is 30.9 Å². The van der Waals surface area contributed by atoms with Crippen LogP contribution in [0.3, 0.4) is 0 Å². The number of carbonyl (C=O) groups excluding carboxylic acids is 1. The van der Waals surface area contributed by atoms with Crippen LogP contribution in [0.1, 0.15) is 55.6 Å². The number of anilines is 1. The first-order valence-electron chi connectivity index (χ1n) is 11.8. The lowest BCUT2D eigenvalue weighted by Gasteiger charge is -2.38. The lowest BCUT2D eigenvalue weighted by atomic mass is 9.81. The van der Waals surface area contributed by atoms with E-state index < -0.39 is 11.6 Å². The van der Waals surface area contributed by atoms with Crippen LogP contribution in [0.15, 0.2) is 42.5 Å². The lowest BCUT2D eigenvalue weighted by Crippen LogP contribution is -2.47. The number of nitrogens with one attached hydrogen (secondary N) is 1. The highest BCUT2D eigenvalue weighted by Gasteiger charge is 2.30. The monoisotopic (exact) mass is 452 g/mol. The fraction of sp³-hybridized carbons (Fsp3) is 0.462. The van der Waals surface area contributed by atoms with Crippen molar-refractivity contribution in [2.75, 3.05) is 31.5 Å². The maximum atomic E-state index is 13.6. The van der Waals surface area contributed by atoms with Crippen molar-refractivity contribution in [3.63, 3.8) is 0 Å². The molecule has 7 heteroatoms. The van der Waals surface area contributed by atoms with E-state index in [0.29, 0.717) is 18.0 Å². The normalized spacial score (nSPS) is 20.9. The minimum absolute atomic E-state index is 0.0910. The van der Waals surface area contributed by atoms with Crippen molar-refractivity contribution in [1.29, 1.82) is 5.26 Å². The molecule has 0 radical (unpaired) electrons. The number of nitrogens with zero attached hydrogens (tertiary/aromatic N) is 3. The zero-order chi connectivity index (χ0) is 23.2. The summed E-state index contributed by atoms with van der Waals surface area (Å²) in [5.41, 5.74) is 2.11. The third-order valence-corrected chi connectivity index (χ3v) is 6.91. The fourth-order valence-corrected chi connectivity index (χ4v) is 5.06. The van der Waals surface area contributed by atoms with Gasteiger partial charge < -0.3 is 15.1 Å². The molecular weight excluding hydrogens is 422 g/mol. The van der Waals surface area contributed by atoms with Crippen LogP contribution in [-0.2, 0) is 0 Å². The molecule has 33 heavy (non-hydrogen) atoms. The number of benzene rings is 2. The number of hydrogen-bond acceptors (Lipinski definition) is 3. The van der Waals surface area contributed by atoms with Gasteiger partial charge in [0.1, 0.15) is 0 Å². The molecule has 2 aromatic carbocycles. The number of amides is 2. The minimum Gasteiger partial charge on any atom is -0.320 e. The van der Waals surface area contributed by atoms with Crippen LogP contribution in [0, 0.1) is 23.0 Å². The number of urea groups is 1. The molecule has 2 aromatic rings. The zero-order valence-electron chi connectivity index (χ0n) is 18.8. The quantitative estimate of drug-likeness (QED) is 0.630. The highest BCUT2D eigenvalue weighted by atomic mass is 19.2. The third-order valence-electron chi connectivity index (χ3n) is 6.91. The van der Waals surface area contributed by atoms with Crippen LogP contribution >= 0.6 is 0 Å². The first kappa shape index (κ1) is 23.2. The van der Waals surface area contributed by atoms with Gasteiger partial charge in [-0.05, 0) is 87.4 Å². The number of halogens is 2. The predicted molar refractivity (Wildman–Crippen MR) is 124 cm³/mol. The second-order valence-corrected chi connectivity index (χ2v) is 9.04. The zero-order valence-corrected chi connectivity index (χ0v) is 18.8. The third kappa shape index (κ3) is 5.88. The topological polar surface area (TPSA) is 59.4 Å². The summed E-state index contributed by atoms with van der Waals surface area (Å²) >= 11 is 0. The maximum absolute atomic E-state index is 13.6. The summed E-state index contributed by atoms with van der Waals surface area (Å²) in [7, 11) is 0. The SMILES string of the molecule is N#Cc1cccc([C@H]2CC[C@H](N(CCN3CCCC3)C(=O)Nc3ccc(F)c(F)c3)CC2)c1. The molecule has 1 N–H and O–H groups in total. The van der Waals surface area contributed by atoms with E-state index in [1.165, 1.54) is 24.5 Å². The van der Waals surface area contributed by atoms with E-state index in [9.17, 15) is 18.8 Å². The molecule has 2 fully saturated rings. The molecule has 1 aliphatic carbocycles. The average molecular weight is 453 g/mol. The molecule has 174 valence electrons. The fourth-order valence-electron chi connectivity index (χ4n) is 5.06. The van der Waals surface area contributed by atoms with Gasteiger partial charge in [-0.3, -0.25) is 0 Å². The van der Waals surface area contributed by atoms with E-state index in [4.69, 9.17) is 0 Å². The maximum Gasteiger partial charge on any atom is 0.322 e. The average Bonchev–Trinajstić information content (AvgIpc) is 3.36. The second-order valence-electron chi connectivity index (χ2n) is 9.04. The summed E-state index contributed by atoms with van der Waals surface area (Å²) in [5.74, 6) is -1.53. The van der Waals surface area contributed by atoms with Gasteiger partial charge in [0.05, 0.1) is 11.6 Å². The molecule has 0 unspecified atom stereocenters. The summed E-state index contributed by atoms with van der Waals surface area (Å²) in [6.45, 7) is 3.53. The molecule has 1 aliphatic heterocycles. The van der Waals surface area contributed by atoms with Crippen LogP contribution in [-0.4, -0.2) is 48.1 Å². The van der Waals surface area contributed by atoms with Gasteiger partial charge >= 0.3 is 6.03 Å². The van der Waals surface area contributed by atoms with E-state index in [-0.39, 0.29) is 17.8 Å². The van der Waals surface area contributed by atoms with Gasteiger partial charge in [-0.2, -0.15) is 5.26 Å². The number of nitriles is 1. The smallest absolute Gasteiger partial charge is 0.320 e. The van der Waals surface area contributed by atoms with Crippen LogP contribution in [0.5, 0.6) is 0 Å². The summed E-state index contributed by atoms with van der Waals surface area (Å²) in [4.78, 5) is 17.4. The van der Waals surface area contributed by atoms with E-state index >= 15 is 0 Å². The molecule has 1 saturated carbocycles. The minimum atomic E-state index is -0.975. The summed E-state index contributed by atoms with van der Waals surface area (Å²) in [6, 6.07) is 13.2. The van der Waals surface area contributed by atoms with Crippen LogP contribution in [0.4, 0.5) is 19.3 Å². The van der Waals surface area contributed by atoms with E-state index in [2.05, 4.69) is 22.4 Å². The molecule has 5 nitrogen and oxygen atoms in total. The molecule has 1 saturated heterocycles. The number of rotatable bonds is 6. The van der Waals surface area contributed by atoms with Crippen molar-refractivity contribution in [2.45, 2.75) is 50.5 Å². The van der Waals surface area contributed by atoms with Gasteiger partial charge in [-0.25, -0.2) is 13.6 Å². The van der Waals surface area contributed by atoms with E-state index in [1.807, 2.05) is 23.1 Å². The Morgan fingerprint density at radius 3 is 2.52 bits per heavy atom. The van der Waals surface area contributed by atoms with Crippen LogP contribution in [0.2, 0.25) is 0 Å². The van der Waals surface area contributed by atoms with Gasteiger partial charge in [0.2, 0.25) is 0 Å². The summed E-state index contributed by atoms with van der Waals surface area (Å²) in [6.07, 6.45) is 6.00. The number of likely N-dealkylation sites (tertiary alicyclic amines) is 1. The van der Waals surface area contributed by atoms with Crippen molar-refractivity contribution in [3.05, 3.63) is 65.2 Å². The Bertz CT molecular complexity index is 1010. The standard InChI is InChI=1S/C26H30F2N4O/c27-24-11-8-22(17-25(24)28)30-26(33)32(15-14-31-12-1-2-13-31)23-9-6-20(7-10-23)21-5-3-4-19(16-21)18-29/h3-5,8,11,16-17,20,23H,1-2,6-7,9-10,12-15H2,(H,30,33)/t20-,23-. The first-order chi connectivity index (χ1) is 16.0. The van der Waals surface area contributed by atoms with Crippen LogP contribution in [0.25, 0.3) is 0 Å². The van der Waals surface area contributed by atoms with Crippen molar-refractivity contribution < 1.29 is 13.6 Å². The van der Waals surface area contributed by atoms with Crippen molar-refractivity contribution in [3.8, 4) is 6.07 Å². The van der Waals surface area contributed by atoms with Crippen molar-refractivity contribution in [2.24, 2.45) is 0 Å². The van der Waals surface area contributed by atoms with Gasteiger partial charge in [0.15, 0.2) is 11.6 Å². The summed E-state index contributed by atoms with van der Waals surface area (Å²) in [5, 5.41) is 12.0. The molecule has 2 aliphatic rings. The van der Waals surface area contributed by atoms with Crippen LogP contribution < -0.4 is 5.32 Å². The summed E-state index contributed by atoms with van der Waals surface area (Å²) < 4.78 is 26.9. The van der Waals surface area contributed by atoms with Crippen molar-refractivity contribution >= 4 is 11.7 Å². The predicted octanol–water partition coefficient (Wildman–Crippen LogP) is 5.49. The molecule has 0 atom stereocenters. The Labute approximate surface area is 194 Å². The highest BCUT2D eigenvalue weighted by Crippen LogP contribution is 2.35. The second kappa shape index (κ2) is 10.8. The number of carbonyl (C=O) groups is 1. The first-order valence-corrected chi connectivity index (χ1v) is 11.8. The molecule has 0 aromatic heterocycles. The molecule has 1 heterocycles. The molecule has 0 bridgehead atoms. The van der Waals surface area contributed by atoms with E-state index in [0.717, 1.165) is 57.5 Å². The molecule has 4 rings (SSSR count). The molecule has 2 amide bonds. The molecule has 0 spiro atoms. The lowest BCUT2D eigenvalue weighted by molar-refractivity contribution is 0.151. The Morgan fingerprint density at radius 2 is 1.82 bits per heavy atom. The Morgan fingerprint density at radius 1 is 1.06 bits per heavy atom. The molecular formula is C26H30F2N4O. The Hall–Kier alpha value is -2.98. The highest BCUT2D eigenvalue weighted by molar-refractivity contribution is 5.89. The van der Waals surface area contributed by atoms with Crippen molar-refractivity contribution in [1.82, 2.24) is 9.80 Å². The Balaban J connectivity index is 1.43. The van der Waals surface area contributed by atoms with Gasteiger partial charge in [-0.15, -0.1) is 0 Å². The van der Waals surface area contributed by atoms with E-state index in [1.54, 1.807) is 0 Å². The van der Waals surface area contributed by atoms with Gasteiger partial charge in [-0.1, -0.05) is 12.1 Å². The Kier molecular flexibility index (Phi) is 7.56. The largest absolute Gasteiger partial charge is 0.322 e. The van der Waals surface area contributed by atoms with Gasteiger partial charge in [0.25, 0.3) is 0 Å².